The van der Waals surface area contributed by atoms with Crippen molar-refractivity contribution in [2.24, 2.45) is 0 Å². The van der Waals surface area contributed by atoms with E-state index in [0.29, 0.717) is 6.04 Å². The summed E-state index contributed by atoms with van der Waals surface area (Å²) in [4.78, 5) is 9.65. The maximum Gasteiger partial charge on any atom is 0.128 e. The molecule has 0 radical (unpaired) electrons. The SMILES string of the molecule is Cc1nc(N2CCC(N3CCCC3)C2)ccc1CO. The molecule has 2 aliphatic heterocycles. The Kier molecular flexibility index (Phi) is 3.71. The van der Waals surface area contributed by atoms with Crippen molar-refractivity contribution in [1.29, 1.82) is 0 Å². The van der Waals surface area contributed by atoms with Crippen LogP contribution in [-0.2, 0) is 6.61 Å². The molecule has 0 aromatic carbocycles. The number of hydrogen-bond acceptors (Lipinski definition) is 4. The first-order valence-electron chi connectivity index (χ1n) is 7.34. The lowest BCUT2D eigenvalue weighted by molar-refractivity contribution is 0.260. The van der Waals surface area contributed by atoms with Crippen molar-refractivity contribution >= 4 is 5.82 Å². The van der Waals surface area contributed by atoms with Gasteiger partial charge in [0.1, 0.15) is 5.82 Å². The third-order valence-electron chi connectivity index (χ3n) is 4.50. The molecule has 104 valence electrons. The lowest BCUT2D eigenvalue weighted by Gasteiger charge is -2.24. The van der Waals surface area contributed by atoms with Gasteiger partial charge in [0.15, 0.2) is 0 Å². The Labute approximate surface area is 115 Å². The largest absolute Gasteiger partial charge is 0.392 e. The van der Waals surface area contributed by atoms with Crippen LogP contribution in [0.4, 0.5) is 5.82 Å². The molecule has 1 aromatic rings. The van der Waals surface area contributed by atoms with Crippen molar-refractivity contribution in [1.82, 2.24) is 9.88 Å². The quantitative estimate of drug-likeness (QED) is 0.896. The smallest absolute Gasteiger partial charge is 0.128 e. The minimum Gasteiger partial charge on any atom is -0.392 e. The molecule has 3 rings (SSSR count). The molecule has 19 heavy (non-hydrogen) atoms. The van der Waals surface area contributed by atoms with Gasteiger partial charge < -0.3 is 10.0 Å². The van der Waals surface area contributed by atoms with Crippen LogP contribution >= 0.6 is 0 Å². The van der Waals surface area contributed by atoms with Crippen molar-refractivity contribution in [3.05, 3.63) is 23.4 Å². The fourth-order valence-corrected chi connectivity index (χ4v) is 3.27. The van der Waals surface area contributed by atoms with Crippen molar-refractivity contribution < 1.29 is 5.11 Å². The first-order valence-corrected chi connectivity index (χ1v) is 7.34. The molecule has 2 fully saturated rings. The van der Waals surface area contributed by atoms with Crippen LogP contribution in [0.3, 0.4) is 0 Å². The maximum absolute atomic E-state index is 9.20. The van der Waals surface area contributed by atoms with E-state index in [0.717, 1.165) is 30.2 Å². The summed E-state index contributed by atoms with van der Waals surface area (Å²) in [6, 6.07) is 4.76. The zero-order chi connectivity index (χ0) is 13.2. The van der Waals surface area contributed by atoms with Gasteiger partial charge in [-0.15, -0.1) is 0 Å². The molecule has 0 bridgehead atoms. The highest BCUT2D eigenvalue weighted by Crippen LogP contribution is 2.24. The van der Waals surface area contributed by atoms with Gasteiger partial charge in [0.25, 0.3) is 0 Å². The second-order valence-corrected chi connectivity index (χ2v) is 5.70. The highest BCUT2D eigenvalue weighted by molar-refractivity contribution is 5.43. The Morgan fingerprint density at radius 3 is 2.74 bits per heavy atom. The van der Waals surface area contributed by atoms with Crippen LogP contribution in [0.25, 0.3) is 0 Å². The molecule has 1 unspecified atom stereocenters. The van der Waals surface area contributed by atoms with Crippen molar-refractivity contribution in [3.8, 4) is 0 Å². The van der Waals surface area contributed by atoms with E-state index in [1.165, 1.54) is 32.4 Å². The fourth-order valence-electron chi connectivity index (χ4n) is 3.27. The van der Waals surface area contributed by atoms with Gasteiger partial charge in [-0.25, -0.2) is 4.98 Å². The highest BCUT2D eigenvalue weighted by atomic mass is 16.3. The molecule has 4 heteroatoms. The van der Waals surface area contributed by atoms with Crippen LogP contribution in [0.1, 0.15) is 30.5 Å². The summed E-state index contributed by atoms with van der Waals surface area (Å²) in [5, 5.41) is 9.20. The average Bonchev–Trinajstić information content (AvgIpc) is 3.09. The summed E-state index contributed by atoms with van der Waals surface area (Å²) >= 11 is 0. The Bertz CT molecular complexity index is 443. The van der Waals surface area contributed by atoms with E-state index in [1.807, 2.05) is 19.1 Å². The van der Waals surface area contributed by atoms with E-state index in [4.69, 9.17) is 0 Å². The Balaban J connectivity index is 1.68. The monoisotopic (exact) mass is 261 g/mol. The number of rotatable bonds is 3. The lowest BCUT2D eigenvalue weighted by Crippen LogP contribution is -2.35. The van der Waals surface area contributed by atoms with E-state index < -0.39 is 0 Å². The van der Waals surface area contributed by atoms with Crippen LogP contribution in [0.15, 0.2) is 12.1 Å². The molecule has 1 aromatic heterocycles. The van der Waals surface area contributed by atoms with E-state index in [-0.39, 0.29) is 6.61 Å². The van der Waals surface area contributed by atoms with Crippen LogP contribution in [0.2, 0.25) is 0 Å². The predicted molar refractivity (Wildman–Crippen MR) is 76.3 cm³/mol. The fraction of sp³-hybridized carbons (Fsp3) is 0.667. The van der Waals surface area contributed by atoms with Gasteiger partial charge in [-0.3, -0.25) is 4.90 Å². The molecular formula is C15H23N3O. The number of aromatic nitrogens is 1. The summed E-state index contributed by atoms with van der Waals surface area (Å²) in [5.74, 6) is 1.07. The van der Waals surface area contributed by atoms with Gasteiger partial charge in [0.2, 0.25) is 0 Å². The summed E-state index contributed by atoms with van der Waals surface area (Å²) in [6.07, 6.45) is 3.97. The molecule has 0 saturated carbocycles. The van der Waals surface area contributed by atoms with Crippen LogP contribution < -0.4 is 4.90 Å². The summed E-state index contributed by atoms with van der Waals surface area (Å²) in [6.45, 7) is 6.80. The normalized spacial score (nSPS) is 24.3. The van der Waals surface area contributed by atoms with Gasteiger partial charge in [-0.1, -0.05) is 6.07 Å². The molecular weight excluding hydrogens is 238 g/mol. The number of hydrogen-bond donors (Lipinski definition) is 1. The number of nitrogens with zero attached hydrogens (tertiary/aromatic N) is 3. The number of aliphatic hydroxyl groups excluding tert-OH is 1. The molecule has 0 amide bonds. The molecule has 4 nitrogen and oxygen atoms in total. The third kappa shape index (κ3) is 2.60. The van der Waals surface area contributed by atoms with Gasteiger partial charge in [0, 0.05) is 24.8 Å². The second kappa shape index (κ2) is 5.47. The Morgan fingerprint density at radius 2 is 2.05 bits per heavy atom. The first-order chi connectivity index (χ1) is 9.28. The van der Waals surface area contributed by atoms with E-state index >= 15 is 0 Å². The van der Waals surface area contributed by atoms with Crippen molar-refractivity contribution in [2.45, 2.75) is 38.8 Å². The molecule has 0 aliphatic carbocycles. The van der Waals surface area contributed by atoms with Gasteiger partial charge in [0.05, 0.1) is 6.61 Å². The number of anilines is 1. The Morgan fingerprint density at radius 1 is 1.26 bits per heavy atom. The summed E-state index contributed by atoms with van der Waals surface area (Å²) < 4.78 is 0. The van der Waals surface area contributed by atoms with Gasteiger partial charge in [-0.2, -0.15) is 0 Å². The molecule has 0 spiro atoms. The maximum atomic E-state index is 9.20. The molecule has 2 saturated heterocycles. The van der Waals surface area contributed by atoms with E-state index in [2.05, 4.69) is 14.8 Å². The van der Waals surface area contributed by atoms with Gasteiger partial charge in [-0.05, 0) is 50.9 Å². The van der Waals surface area contributed by atoms with Gasteiger partial charge >= 0.3 is 0 Å². The highest BCUT2D eigenvalue weighted by Gasteiger charge is 2.29. The average molecular weight is 261 g/mol. The van der Waals surface area contributed by atoms with Crippen LogP contribution in [-0.4, -0.2) is 47.2 Å². The lowest BCUT2D eigenvalue weighted by atomic mass is 10.2. The first kappa shape index (κ1) is 12.9. The van der Waals surface area contributed by atoms with Crippen LogP contribution in [0.5, 0.6) is 0 Å². The predicted octanol–water partition coefficient (Wildman–Crippen LogP) is 1.56. The number of aryl methyl sites for hydroxylation is 1. The Hall–Kier alpha value is -1.13. The third-order valence-corrected chi connectivity index (χ3v) is 4.50. The number of aliphatic hydroxyl groups is 1. The molecule has 1 atom stereocenters. The molecule has 3 heterocycles. The van der Waals surface area contributed by atoms with Crippen molar-refractivity contribution in [2.75, 3.05) is 31.1 Å². The standard InChI is InChI=1S/C15H23N3O/c1-12-13(11-19)4-5-15(16-12)18-9-6-14(10-18)17-7-2-3-8-17/h4-5,14,19H,2-3,6-11H2,1H3. The summed E-state index contributed by atoms with van der Waals surface area (Å²) in [5.41, 5.74) is 1.88. The summed E-state index contributed by atoms with van der Waals surface area (Å²) in [7, 11) is 0. The second-order valence-electron chi connectivity index (χ2n) is 5.70. The topological polar surface area (TPSA) is 39.6 Å². The number of likely N-dealkylation sites (tertiary alicyclic amines) is 1. The molecule has 1 N–H and O–H groups in total. The van der Waals surface area contributed by atoms with Crippen molar-refractivity contribution in [3.63, 3.8) is 0 Å². The zero-order valence-corrected chi connectivity index (χ0v) is 11.7. The zero-order valence-electron chi connectivity index (χ0n) is 11.7. The van der Waals surface area contributed by atoms with E-state index in [1.54, 1.807) is 0 Å². The minimum atomic E-state index is 0.0789. The number of pyridine rings is 1. The minimum absolute atomic E-state index is 0.0789. The van der Waals surface area contributed by atoms with E-state index in [9.17, 15) is 5.11 Å². The molecule has 2 aliphatic rings. The van der Waals surface area contributed by atoms with Crippen LogP contribution in [0, 0.1) is 6.92 Å².